The first-order chi connectivity index (χ1) is 8.91. The molecule has 1 aliphatic rings. The summed E-state index contributed by atoms with van der Waals surface area (Å²) in [6, 6.07) is -0.353. The lowest BCUT2D eigenvalue weighted by Gasteiger charge is -2.37. The van der Waals surface area contributed by atoms with E-state index in [0.29, 0.717) is 31.9 Å². The highest BCUT2D eigenvalue weighted by Crippen LogP contribution is 2.32. The lowest BCUT2D eigenvalue weighted by Crippen LogP contribution is -2.59. The summed E-state index contributed by atoms with van der Waals surface area (Å²) in [6.07, 6.45) is 2.64. The predicted molar refractivity (Wildman–Crippen MR) is 71.0 cm³/mol. The van der Waals surface area contributed by atoms with E-state index in [4.69, 9.17) is 4.74 Å². The standard InChI is InChI=1S/C13H24N2O4/c1-10-4-6-13(7-5-10,11(16)17)14-12(18)15(2)8-9-19-3/h10H,4-9H2,1-3H3,(H,14,18)(H,16,17). The molecule has 0 aliphatic heterocycles. The van der Waals surface area contributed by atoms with E-state index in [0.717, 1.165) is 12.8 Å². The Kier molecular flexibility index (Phi) is 5.60. The van der Waals surface area contributed by atoms with Gasteiger partial charge in [-0.1, -0.05) is 6.92 Å². The first kappa shape index (κ1) is 15.8. The topological polar surface area (TPSA) is 78.9 Å². The average Bonchev–Trinajstić information content (AvgIpc) is 2.38. The molecule has 0 aromatic carbocycles. The molecule has 0 heterocycles. The van der Waals surface area contributed by atoms with Crippen LogP contribution in [0.2, 0.25) is 0 Å². The van der Waals surface area contributed by atoms with Gasteiger partial charge in [0.05, 0.1) is 6.61 Å². The number of nitrogens with one attached hydrogen (secondary N) is 1. The van der Waals surface area contributed by atoms with E-state index in [1.54, 1.807) is 14.2 Å². The van der Waals surface area contributed by atoms with Gasteiger partial charge in [-0.05, 0) is 31.6 Å². The molecule has 6 heteroatoms. The van der Waals surface area contributed by atoms with E-state index < -0.39 is 11.5 Å². The maximum Gasteiger partial charge on any atom is 0.329 e. The molecule has 0 aromatic heterocycles. The number of aliphatic carboxylic acids is 1. The summed E-state index contributed by atoms with van der Waals surface area (Å²) in [6.45, 7) is 2.98. The number of likely N-dealkylation sites (N-methyl/N-ethyl adjacent to an activating group) is 1. The predicted octanol–water partition coefficient (Wildman–Crippen LogP) is 1.31. The van der Waals surface area contributed by atoms with Crippen LogP contribution >= 0.6 is 0 Å². The SMILES string of the molecule is COCCN(C)C(=O)NC1(C(=O)O)CCC(C)CC1. The number of amides is 2. The molecule has 6 nitrogen and oxygen atoms in total. The Morgan fingerprint density at radius 2 is 2.00 bits per heavy atom. The van der Waals surface area contributed by atoms with Gasteiger partial charge in [-0.2, -0.15) is 0 Å². The van der Waals surface area contributed by atoms with Crippen LogP contribution in [-0.2, 0) is 9.53 Å². The van der Waals surface area contributed by atoms with Crippen LogP contribution < -0.4 is 5.32 Å². The normalized spacial score (nSPS) is 26.8. The fraction of sp³-hybridized carbons (Fsp3) is 0.846. The molecule has 0 saturated heterocycles. The Hall–Kier alpha value is -1.30. The quantitative estimate of drug-likeness (QED) is 0.791. The molecule has 0 aromatic rings. The van der Waals surface area contributed by atoms with Crippen LogP contribution in [0.5, 0.6) is 0 Å². The molecule has 0 unspecified atom stereocenters. The van der Waals surface area contributed by atoms with Crippen LogP contribution in [0.25, 0.3) is 0 Å². The molecule has 0 atom stereocenters. The third kappa shape index (κ3) is 4.09. The molecule has 2 N–H and O–H groups in total. The molecule has 1 fully saturated rings. The van der Waals surface area contributed by atoms with Gasteiger partial charge in [0.15, 0.2) is 0 Å². The van der Waals surface area contributed by atoms with Crippen molar-refractivity contribution in [2.24, 2.45) is 5.92 Å². The summed E-state index contributed by atoms with van der Waals surface area (Å²) in [5.41, 5.74) is -1.11. The van der Waals surface area contributed by atoms with Gasteiger partial charge >= 0.3 is 12.0 Å². The summed E-state index contributed by atoms with van der Waals surface area (Å²) in [4.78, 5) is 25.0. The fourth-order valence-corrected chi connectivity index (χ4v) is 2.28. The molecule has 0 spiro atoms. The highest BCUT2D eigenvalue weighted by Gasteiger charge is 2.42. The Morgan fingerprint density at radius 3 is 2.47 bits per heavy atom. The van der Waals surface area contributed by atoms with Crippen molar-refractivity contribution in [1.29, 1.82) is 0 Å². The van der Waals surface area contributed by atoms with E-state index >= 15 is 0 Å². The van der Waals surface area contributed by atoms with Gasteiger partial charge in [-0.25, -0.2) is 9.59 Å². The van der Waals surface area contributed by atoms with Crippen LogP contribution in [0, 0.1) is 5.92 Å². The van der Waals surface area contributed by atoms with Crippen LogP contribution in [0.3, 0.4) is 0 Å². The molecule has 110 valence electrons. The van der Waals surface area contributed by atoms with Crippen molar-refractivity contribution in [3.05, 3.63) is 0 Å². The number of carbonyl (C=O) groups excluding carboxylic acids is 1. The Balaban J connectivity index is 2.63. The molecule has 1 aliphatic carbocycles. The zero-order chi connectivity index (χ0) is 14.5. The molecule has 1 rings (SSSR count). The summed E-state index contributed by atoms with van der Waals surface area (Å²) in [5, 5.41) is 12.1. The molecule has 2 amide bonds. The zero-order valence-corrected chi connectivity index (χ0v) is 11.9. The minimum Gasteiger partial charge on any atom is -0.480 e. The van der Waals surface area contributed by atoms with Crippen molar-refractivity contribution in [2.75, 3.05) is 27.3 Å². The maximum absolute atomic E-state index is 12.0. The second-order valence-electron chi connectivity index (χ2n) is 5.41. The number of hydrogen-bond donors (Lipinski definition) is 2. The highest BCUT2D eigenvalue weighted by atomic mass is 16.5. The second kappa shape index (κ2) is 6.75. The highest BCUT2D eigenvalue weighted by molar-refractivity contribution is 5.86. The van der Waals surface area contributed by atoms with Gasteiger partial charge in [0.1, 0.15) is 5.54 Å². The fourth-order valence-electron chi connectivity index (χ4n) is 2.28. The first-order valence-corrected chi connectivity index (χ1v) is 6.67. The monoisotopic (exact) mass is 272 g/mol. The van der Waals surface area contributed by atoms with Gasteiger partial charge < -0.3 is 20.1 Å². The Bertz CT molecular complexity index is 325. The van der Waals surface area contributed by atoms with Crippen molar-refractivity contribution >= 4 is 12.0 Å². The summed E-state index contributed by atoms with van der Waals surface area (Å²) >= 11 is 0. The first-order valence-electron chi connectivity index (χ1n) is 6.67. The van der Waals surface area contributed by atoms with Crippen molar-refractivity contribution in [3.8, 4) is 0 Å². The lowest BCUT2D eigenvalue weighted by atomic mass is 9.77. The van der Waals surface area contributed by atoms with E-state index in [-0.39, 0.29) is 6.03 Å². The number of ether oxygens (including phenoxy) is 1. The van der Waals surface area contributed by atoms with Gasteiger partial charge in [0.25, 0.3) is 0 Å². The van der Waals surface area contributed by atoms with Gasteiger partial charge in [0, 0.05) is 20.7 Å². The smallest absolute Gasteiger partial charge is 0.329 e. The van der Waals surface area contributed by atoms with Crippen molar-refractivity contribution in [3.63, 3.8) is 0 Å². The van der Waals surface area contributed by atoms with E-state index in [1.165, 1.54) is 4.90 Å². The third-order valence-corrected chi connectivity index (χ3v) is 3.86. The van der Waals surface area contributed by atoms with Crippen LogP contribution in [0.1, 0.15) is 32.6 Å². The molecule has 1 saturated carbocycles. The van der Waals surface area contributed by atoms with Crippen molar-refractivity contribution < 1.29 is 19.4 Å². The van der Waals surface area contributed by atoms with Crippen molar-refractivity contribution in [2.45, 2.75) is 38.1 Å². The summed E-state index contributed by atoms with van der Waals surface area (Å²) in [5.74, 6) is -0.413. The number of rotatable bonds is 5. The molecule has 0 radical (unpaired) electrons. The number of carboxylic acids is 1. The van der Waals surface area contributed by atoms with Crippen LogP contribution in [-0.4, -0.2) is 54.9 Å². The van der Waals surface area contributed by atoms with Gasteiger partial charge in [-0.15, -0.1) is 0 Å². The second-order valence-corrected chi connectivity index (χ2v) is 5.41. The number of carboxylic acid groups (broad SMARTS) is 1. The average molecular weight is 272 g/mol. The van der Waals surface area contributed by atoms with Crippen molar-refractivity contribution in [1.82, 2.24) is 10.2 Å². The molecule has 0 bridgehead atoms. The zero-order valence-electron chi connectivity index (χ0n) is 11.9. The Morgan fingerprint density at radius 1 is 1.42 bits per heavy atom. The van der Waals surface area contributed by atoms with Gasteiger partial charge in [0.2, 0.25) is 0 Å². The van der Waals surface area contributed by atoms with Gasteiger partial charge in [-0.3, -0.25) is 0 Å². The molecule has 19 heavy (non-hydrogen) atoms. The Labute approximate surface area is 114 Å². The van der Waals surface area contributed by atoms with Crippen LogP contribution in [0.4, 0.5) is 4.79 Å². The number of hydrogen-bond acceptors (Lipinski definition) is 3. The largest absolute Gasteiger partial charge is 0.480 e. The molecular formula is C13H24N2O4. The lowest BCUT2D eigenvalue weighted by molar-refractivity contribution is -0.146. The number of carbonyl (C=O) groups is 2. The third-order valence-electron chi connectivity index (χ3n) is 3.86. The van der Waals surface area contributed by atoms with Crippen LogP contribution in [0.15, 0.2) is 0 Å². The number of methoxy groups -OCH3 is 1. The van der Waals surface area contributed by atoms with E-state index in [2.05, 4.69) is 12.2 Å². The van der Waals surface area contributed by atoms with E-state index in [9.17, 15) is 14.7 Å². The minimum absolute atomic E-state index is 0.353. The maximum atomic E-state index is 12.0. The summed E-state index contributed by atoms with van der Waals surface area (Å²) in [7, 11) is 3.20. The minimum atomic E-state index is -1.11. The number of nitrogens with zero attached hydrogens (tertiary/aromatic N) is 1. The number of urea groups is 1. The molecular weight excluding hydrogens is 248 g/mol. The summed E-state index contributed by atoms with van der Waals surface area (Å²) < 4.78 is 4.90. The van der Waals surface area contributed by atoms with E-state index in [1.807, 2.05) is 0 Å².